The Bertz CT molecular complexity index is 583. The van der Waals surface area contributed by atoms with Gasteiger partial charge in [0.15, 0.2) is 0 Å². The van der Waals surface area contributed by atoms with E-state index in [-0.39, 0.29) is 0 Å². The lowest BCUT2D eigenvalue weighted by molar-refractivity contribution is 0.208. The number of rotatable bonds is 5. The van der Waals surface area contributed by atoms with Crippen LogP contribution in [0.2, 0.25) is 0 Å². The average molecular weight is 286 g/mol. The molecule has 1 fully saturated rings. The molecule has 0 bridgehead atoms. The van der Waals surface area contributed by atoms with E-state index in [1.807, 2.05) is 0 Å². The second-order valence-corrected chi connectivity index (χ2v) is 6.24. The Morgan fingerprint density at radius 3 is 3.05 bits per heavy atom. The largest absolute Gasteiger partial charge is 0.316 e. The van der Waals surface area contributed by atoms with Gasteiger partial charge in [0.05, 0.1) is 5.69 Å². The maximum atomic E-state index is 4.74. The number of nitrogens with one attached hydrogen (secondary N) is 1. The van der Waals surface area contributed by atoms with Gasteiger partial charge in [-0.1, -0.05) is 13.0 Å². The molecule has 3 heterocycles. The SMILES string of the molecule is CCN(Cc1cn2cc(C)ccc2n1)CC1CCCNC1. The molecule has 0 radical (unpaired) electrons. The first-order chi connectivity index (χ1) is 10.2. The van der Waals surface area contributed by atoms with E-state index < -0.39 is 0 Å². The van der Waals surface area contributed by atoms with Crippen molar-refractivity contribution in [3.05, 3.63) is 35.8 Å². The van der Waals surface area contributed by atoms with Gasteiger partial charge in [0, 0.05) is 25.5 Å². The van der Waals surface area contributed by atoms with Crippen molar-refractivity contribution in [2.45, 2.75) is 33.2 Å². The first-order valence-corrected chi connectivity index (χ1v) is 8.12. The first kappa shape index (κ1) is 14.5. The molecule has 1 atom stereocenters. The summed E-state index contributed by atoms with van der Waals surface area (Å²) in [5, 5.41) is 3.51. The van der Waals surface area contributed by atoms with Gasteiger partial charge in [-0.15, -0.1) is 0 Å². The van der Waals surface area contributed by atoms with Crippen LogP contribution in [0.1, 0.15) is 31.0 Å². The predicted octanol–water partition coefficient (Wildman–Crippen LogP) is 2.46. The molecular formula is C17H26N4. The van der Waals surface area contributed by atoms with E-state index in [0.29, 0.717) is 0 Å². The van der Waals surface area contributed by atoms with Crippen LogP contribution in [0.5, 0.6) is 0 Å². The fourth-order valence-corrected chi connectivity index (χ4v) is 3.21. The van der Waals surface area contributed by atoms with E-state index in [0.717, 1.165) is 24.7 Å². The highest BCUT2D eigenvalue weighted by Gasteiger charge is 2.17. The summed E-state index contributed by atoms with van der Waals surface area (Å²) in [7, 11) is 0. The minimum atomic E-state index is 0.790. The van der Waals surface area contributed by atoms with Crippen LogP contribution in [-0.2, 0) is 6.54 Å². The standard InChI is InChI=1S/C17H26N4/c1-3-20(11-15-5-4-8-18-9-15)12-16-13-21-10-14(2)6-7-17(21)19-16/h6-7,10,13,15,18H,3-5,8-9,11-12H2,1-2H3. The van der Waals surface area contributed by atoms with Crippen molar-refractivity contribution in [2.75, 3.05) is 26.2 Å². The van der Waals surface area contributed by atoms with E-state index in [1.165, 1.54) is 43.7 Å². The summed E-state index contributed by atoms with van der Waals surface area (Å²) in [4.78, 5) is 7.26. The van der Waals surface area contributed by atoms with Crippen LogP contribution in [-0.4, -0.2) is 40.5 Å². The zero-order chi connectivity index (χ0) is 14.7. The van der Waals surface area contributed by atoms with Crippen molar-refractivity contribution in [1.29, 1.82) is 0 Å². The highest BCUT2D eigenvalue weighted by atomic mass is 15.1. The highest BCUT2D eigenvalue weighted by Crippen LogP contribution is 2.14. The van der Waals surface area contributed by atoms with Gasteiger partial charge >= 0.3 is 0 Å². The smallest absolute Gasteiger partial charge is 0.137 e. The molecule has 3 rings (SSSR count). The Morgan fingerprint density at radius 1 is 1.38 bits per heavy atom. The molecule has 0 aromatic carbocycles. The molecule has 0 spiro atoms. The summed E-state index contributed by atoms with van der Waals surface area (Å²) >= 11 is 0. The van der Waals surface area contributed by atoms with Crippen LogP contribution in [0.15, 0.2) is 24.5 Å². The summed E-state index contributed by atoms with van der Waals surface area (Å²) in [5.74, 6) is 0.790. The Labute approximate surface area is 127 Å². The van der Waals surface area contributed by atoms with Crippen LogP contribution in [0.25, 0.3) is 5.65 Å². The van der Waals surface area contributed by atoms with E-state index in [9.17, 15) is 0 Å². The van der Waals surface area contributed by atoms with Crippen LogP contribution in [0, 0.1) is 12.8 Å². The topological polar surface area (TPSA) is 32.6 Å². The van der Waals surface area contributed by atoms with E-state index in [1.54, 1.807) is 0 Å². The molecular weight excluding hydrogens is 260 g/mol. The number of aromatic nitrogens is 2. The monoisotopic (exact) mass is 286 g/mol. The van der Waals surface area contributed by atoms with Crippen LogP contribution < -0.4 is 5.32 Å². The maximum absolute atomic E-state index is 4.74. The van der Waals surface area contributed by atoms with Gasteiger partial charge in [-0.25, -0.2) is 4.98 Å². The van der Waals surface area contributed by atoms with Crippen LogP contribution >= 0.6 is 0 Å². The average Bonchev–Trinajstić information content (AvgIpc) is 2.89. The number of hydrogen-bond donors (Lipinski definition) is 1. The Morgan fingerprint density at radius 2 is 2.29 bits per heavy atom. The third-order valence-corrected chi connectivity index (χ3v) is 4.40. The minimum Gasteiger partial charge on any atom is -0.316 e. The minimum absolute atomic E-state index is 0.790. The van der Waals surface area contributed by atoms with Gasteiger partial charge in [0.25, 0.3) is 0 Å². The van der Waals surface area contributed by atoms with Crippen molar-refractivity contribution in [3.8, 4) is 0 Å². The second-order valence-electron chi connectivity index (χ2n) is 6.24. The van der Waals surface area contributed by atoms with Crippen LogP contribution in [0.4, 0.5) is 0 Å². The van der Waals surface area contributed by atoms with Gasteiger partial charge in [-0.2, -0.15) is 0 Å². The van der Waals surface area contributed by atoms with Crippen molar-refractivity contribution in [2.24, 2.45) is 5.92 Å². The van der Waals surface area contributed by atoms with E-state index >= 15 is 0 Å². The number of imidazole rings is 1. The molecule has 1 aliphatic rings. The van der Waals surface area contributed by atoms with Gasteiger partial charge in [-0.05, 0) is 56.9 Å². The number of piperidine rings is 1. The molecule has 114 valence electrons. The molecule has 1 saturated heterocycles. The summed E-state index contributed by atoms with van der Waals surface area (Å²) in [6.45, 7) is 9.94. The number of fused-ring (bicyclic) bond motifs is 1. The fourth-order valence-electron chi connectivity index (χ4n) is 3.21. The summed E-state index contributed by atoms with van der Waals surface area (Å²) in [5.41, 5.74) is 3.49. The molecule has 0 amide bonds. The Hall–Kier alpha value is -1.39. The second kappa shape index (κ2) is 6.58. The van der Waals surface area contributed by atoms with Gasteiger partial charge in [0.2, 0.25) is 0 Å². The number of nitrogens with zero attached hydrogens (tertiary/aromatic N) is 3. The molecule has 2 aromatic rings. The summed E-state index contributed by atoms with van der Waals surface area (Å²) in [6.07, 6.45) is 6.99. The molecule has 4 heteroatoms. The quantitative estimate of drug-likeness (QED) is 0.916. The number of aryl methyl sites for hydroxylation is 1. The zero-order valence-corrected chi connectivity index (χ0v) is 13.2. The normalized spacial score (nSPS) is 19.5. The van der Waals surface area contributed by atoms with Crippen molar-refractivity contribution in [3.63, 3.8) is 0 Å². The Balaban J connectivity index is 1.66. The van der Waals surface area contributed by atoms with Crippen molar-refractivity contribution < 1.29 is 0 Å². The lowest BCUT2D eigenvalue weighted by atomic mass is 9.99. The van der Waals surface area contributed by atoms with Crippen LogP contribution in [0.3, 0.4) is 0 Å². The fraction of sp³-hybridized carbons (Fsp3) is 0.588. The lowest BCUT2D eigenvalue weighted by Gasteiger charge is -2.28. The zero-order valence-electron chi connectivity index (χ0n) is 13.2. The molecule has 4 nitrogen and oxygen atoms in total. The molecule has 1 aliphatic heterocycles. The summed E-state index contributed by atoms with van der Waals surface area (Å²) in [6, 6.07) is 4.22. The molecule has 0 aliphatic carbocycles. The van der Waals surface area contributed by atoms with Gasteiger partial charge in [0.1, 0.15) is 5.65 Å². The molecule has 21 heavy (non-hydrogen) atoms. The lowest BCUT2D eigenvalue weighted by Crippen LogP contribution is -2.38. The molecule has 1 unspecified atom stereocenters. The van der Waals surface area contributed by atoms with Gasteiger partial charge in [-0.3, -0.25) is 4.90 Å². The first-order valence-electron chi connectivity index (χ1n) is 8.12. The van der Waals surface area contributed by atoms with E-state index in [4.69, 9.17) is 4.98 Å². The number of pyridine rings is 1. The molecule has 1 N–H and O–H groups in total. The maximum Gasteiger partial charge on any atom is 0.137 e. The van der Waals surface area contributed by atoms with Crippen molar-refractivity contribution >= 4 is 5.65 Å². The van der Waals surface area contributed by atoms with Gasteiger partial charge < -0.3 is 9.72 Å². The predicted molar refractivity (Wildman–Crippen MR) is 86.5 cm³/mol. The van der Waals surface area contributed by atoms with Crippen molar-refractivity contribution in [1.82, 2.24) is 19.6 Å². The third kappa shape index (κ3) is 3.63. The highest BCUT2D eigenvalue weighted by molar-refractivity contribution is 5.41. The summed E-state index contributed by atoms with van der Waals surface area (Å²) < 4.78 is 2.14. The third-order valence-electron chi connectivity index (χ3n) is 4.40. The molecule has 0 saturated carbocycles. The van der Waals surface area contributed by atoms with E-state index in [2.05, 4.69) is 53.0 Å². The Kier molecular flexibility index (Phi) is 4.56. The molecule has 2 aromatic heterocycles. The number of hydrogen-bond acceptors (Lipinski definition) is 3.